The molecule has 2 N–H and O–H groups in total. The van der Waals surface area contributed by atoms with Gasteiger partial charge in [0.1, 0.15) is 0 Å². The maximum absolute atomic E-state index is 6.19. The number of hydrogen-bond donors (Lipinski definition) is 1. The second kappa shape index (κ2) is 3.51. The Kier molecular flexibility index (Phi) is 2.24. The number of nitrogen functional groups attached to an aromatic ring is 1. The number of fused-ring (bicyclic) bond motifs is 3. The van der Waals surface area contributed by atoms with Gasteiger partial charge in [-0.15, -0.1) is 0 Å². The van der Waals surface area contributed by atoms with Crippen molar-refractivity contribution in [2.75, 3.05) is 5.73 Å². The first kappa shape index (κ1) is 10.2. The van der Waals surface area contributed by atoms with E-state index in [0.29, 0.717) is 0 Å². The topological polar surface area (TPSA) is 26.0 Å². The molecule has 0 amide bonds. The molecule has 2 aliphatic rings. The van der Waals surface area contributed by atoms with Crippen molar-refractivity contribution in [2.24, 2.45) is 17.8 Å². The van der Waals surface area contributed by atoms with Gasteiger partial charge in [0.2, 0.25) is 0 Å². The molecular weight excluding hydrogens is 194 g/mol. The van der Waals surface area contributed by atoms with Crippen LogP contribution < -0.4 is 5.73 Å². The third kappa shape index (κ3) is 1.37. The third-order valence-corrected chi connectivity index (χ3v) is 4.55. The minimum absolute atomic E-state index is 0.777. The molecule has 0 heterocycles. The van der Waals surface area contributed by atoms with Gasteiger partial charge in [0.25, 0.3) is 0 Å². The Morgan fingerprint density at radius 3 is 2.88 bits per heavy atom. The maximum atomic E-state index is 6.19. The summed E-state index contributed by atoms with van der Waals surface area (Å²) in [6.45, 7) is 4.72. The first-order chi connectivity index (χ1) is 7.70. The Morgan fingerprint density at radius 1 is 1.31 bits per heavy atom. The molecule has 3 rings (SSSR count). The maximum Gasteiger partial charge on any atom is 0.0352 e. The predicted molar refractivity (Wildman–Crippen MR) is 68.4 cm³/mol. The van der Waals surface area contributed by atoms with Crippen LogP contribution in [0.5, 0.6) is 0 Å². The number of benzene rings is 1. The molecule has 0 saturated heterocycles. The van der Waals surface area contributed by atoms with E-state index in [1.807, 2.05) is 0 Å². The van der Waals surface area contributed by atoms with Crippen molar-refractivity contribution in [3.05, 3.63) is 29.3 Å². The summed E-state index contributed by atoms with van der Waals surface area (Å²) in [6, 6.07) is 6.47. The van der Waals surface area contributed by atoms with Crippen molar-refractivity contribution in [2.45, 2.75) is 39.0 Å². The number of aryl methyl sites for hydroxylation is 1. The molecular formula is C15H21N. The van der Waals surface area contributed by atoms with Crippen LogP contribution in [-0.4, -0.2) is 0 Å². The monoisotopic (exact) mass is 215 g/mol. The molecule has 1 fully saturated rings. The Balaban J connectivity index is 2.03. The van der Waals surface area contributed by atoms with Crippen LogP contribution in [0.15, 0.2) is 18.2 Å². The van der Waals surface area contributed by atoms with E-state index < -0.39 is 0 Å². The van der Waals surface area contributed by atoms with E-state index in [2.05, 4.69) is 32.0 Å². The summed E-state index contributed by atoms with van der Waals surface area (Å²) < 4.78 is 0. The zero-order chi connectivity index (χ0) is 11.3. The second-order valence-electron chi connectivity index (χ2n) is 5.82. The summed E-state index contributed by atoms with van der Waals surface area (Å²) in [5.74, 6) is 3.40. The van der Waals surface area contributed by atoms with Crippen LogP contribution in [0.3, 0.4) is 0 Å². The van der Waals surface area contributed by atoms with Crippen LogP contribution in [0.1, 0.15) is 43.7 Å². The number of hydrogen-bond acceptors (Lipinski definition) is 1. The fourth-order valence-corrected chi connectivity index (χ4v) is 3.87. The molecule has 1 nitrogen and oxygen atoms in total. The van der Waals surface area contributed by atoms with Crippen molar-refractivity contribution in [3.8, 4) is 0 Å². The highest BCUT2D eigenvalue weighted by molar-refractivity contribution is 5.56. The number of anilines is 1. The van der Waals surface area contributed by atoms with Crippen molar-refractivity contribution >= 4 is 5.69 Å². The molecule has 3 unspecified atom stereocenters. The van der Waals surface area contributed by atoms with Crippen LogP contribution >= 0.6 is 0 Å². The lowest BCUT2D eigenvalue weighted by Gasteiger charge is -2.12. The Labute approximate surface area is 98.0 Å². The Bertz CT molecular complexity index is 408. The standard InChI is InChI=1S/C15H21N/c1-9(2)13-11-7-3-5-10-6-4-8-12(16)14(10)15(11)13/h4,6,8-9,11,13,15H,3,5,7,16H2,1-2H3. The van der Waals surface area contributed by atoms with Gasteiger partial charge in [-0.3, -0.25) is 0 Å². The summed E-state index contributed by atoms with van der Waals surface area (Å²) in [5, 5.41) is 0. The molecule has 86 valence electrons. The van der Waals surface area contributed by atoms with Gasteiger partial charge in [-0.05, 0) is 60.1 Å². The summed E-state index contributed by atoms with van der Waals surface area (Å²) >= 11 is 0. The molecule has 1 saturated carbocycles. The molecule has 16 heavy (non-hydrogen) atoms. The minimum atomic E-state index is 0.777. The fourth-order valence-electron chi connectivity index (χ4n) is 3.87. The van der Waals surface area contributed by atoms with Gasteiger partial charge in [0.05, 0.1) is 0 Å². The van der Waals surface area contributed by atoms with Crippen LogP contribution in [-0.2, 0) is 6.42 Å². The third-order valence-electron chi connectivity index (χ3n) is 4.55. The highest BCUT2D eigenvalue weighted by Crippen LogP contribution is 2.62. The average molecular weight is 215 g/mol. The molecule has 0 radical (unpaired) electrons. The molecule has 2 aliphatic carbocycles. The van der Waals surface area contributed by atoms with E-state index in [-0.39, 0.29) is 0 Å². The van der Waals surface area contributed by atoms with E-state index in [4.69, 9.17) is 5.73 Å². The normalized spacial score (nSPS) is 31.8. The molecule has 1 aromatic carbocycles. The SMILES string of the molecule is CC(C)C1C2CCCc3cccc(N)c3C21. The molecule has 1 heteroatoms. The molecule has 0 aromatic heterocycles. The molecule has 0 aliphatic heterocycles. The average Bonchev–Trinajstić information content (AvgIpc) is 2.92. The molecule has 0 bridgehead atoms. The van der Waals surface area contributed by atoms with Crippen molar-refractivity contribution in [3.63, 3.8) is 0 Å². The van der Waals surface area contributed by atoms with E-state index in [9.17, 15) is 0 Å². The summed E-state index contributed by atoms with van der Waals surface area (Å²) in [5.41, 5.74) is 10.3. The lowest BCUT2D eigenvalue weighted by atomic mass is 9.94. The van der Waals surface area contributed by atoms with E-state index in [0.717, 1.165) is 29.4 Å². The smallest absolute Gasteiger partial charge is 0.0352 e. The Hall–Kier alpha value is -0.980. The van der Waals surface area contributed by atoms with Crippen LogP contribution in [0.4, 0.5) is 5.69 Å². The lowest BCUT2D eigenvalue weighted by molar-refractivity contribution is 0.491. The first-order valence-electron chi connectivity index (χ1n) is 6.57. The lowest BCUT2D eigenvalue weighted by Crippen LogP contribution is -2.01. The zero-order valence-electron chi connectivity index (χ0n) is 10.2. The van der Waals surface area contributed by atoms with Crippen LogP contribution in [0.2, 0.25) is 0 Å². The van der Waals surface area contributed by atoms with Gasteiger partial charge >= 0.3 is 0 Å². The van der Waals surface area contributed by atoms with Gasteiger partial charge in [0, 0.05) is 5.69 Å². The van der Waals surface area contributed by atoms with E-state index in [1.165, 1.54) is 30.4 Å². The highest BCUT2D eigenvalue weighted by atomic mass is 14.6. The summed E-state index contributed by atoms with van der Waals surface area (Å²) in [4.78, 5) is 0. The minimum Gasteiger partial charge on any atom is -0.398 e. The predicted octanol–water partition coefficient (Wildman–Crippen LogP) is 3.59. The summed E-state index contributed by atoms with van der Waals surface area (Å²) in [6.07, 6.45) is 3.99. The van der Waals surface area contributed by atoms with E-state index in [1.54, 1.807) is 0 Å². The van der Waals surface area contributed by atoms with Crippen molar-refractivity contribution < 1.29 is 0 Å². The largest absolute Gasteiger partial charge is 0.398 e. The molecule has 1 aromatic rings. The number of rotatable bonds is 1. The van der Waals surface area contributed by atoms with Gasteiger partial charge in [-0.25, -0.2) is 0 Å². The zero-order valence-corrected chi connectivity index (χ0v) is 10.2. The quantitative estimate of drug-likeness (QED) is 0.712. The fraction of sp³-hybridized carbons (Fsp3) is 0.600. The summed E-state index contributed by atoms with van der Waals surface area (Å²) in [7, 11) is 0. The van der Waals surface area contributed by atoms with Crippen molar-refractivity contribution in [1.82, 2.24) is 0 Å². The van der Waals surface area contributed by atoms with Crippen molar-refractivity contribution in [1.29, 1.82) is 0 Å². The van der Waals surface area contributed by atoms with Crippen LogP contribution in [0, 0.1) is 17.8 Å². The van der Waals surface area contributed by atoms with Gasteiger partial charge < -0.3 is 5.73 Å². The highest BCUT2D eigenvalue weighted by Gasteiger charge is 2.53. The van der Waals surface area contributed by atoms with E-state index >= 15 is 0 Å². The molecule has 3 atom stereocenters. The second-order valence-corrected chi connectivity index (χ2v) is 5.82. The molecule has 0 spiro atoms. The Morgan fingerprint density at radius 2 is 2.12 bits per heavy atom. The first-order valence-corrected chi connectivity index (χ1v) is 6.57. The number of nitrogens with two attached hydrogens (primary N) is 1. The van der Waals surface area contributed by atoms with Crippen LogP contribution in [0.25, 0.3) is 0 Å². The van der Waals surface area contributed by atoms with Gasteiger partial charge in [-0.1, -0.05) is 26.0 Å². The van der Waals surface area contributed by atoms with Gasteiger partial charge in [0.15, 0.2) is 0 Å². The van der Waals surface area contributed by atoms with Gasteiger partial charge in [-0.2, -0.15) is 0 Å².